The van der Waals surface area contributed by atoms with Gasteiger partial charge >= 0.3 is 0 Å². The summed E-state index contributed by atoms with van der Waals surface area (Å²) in [5.41, 5.74) is 3.92. The van der Waals surface area contributed by atoms with Crippen LogP contribution in [0.2, 0.25) is 5.02 Å². The molecule has 3 rings (SSSR count). The number of rotatable bonds is 11. The maximum Gasteiger partial charge on any atom is 0.271 e. The van der Waals surface area contributed by atoms with Gasteiger partial charge in [0.05, 0.1) is 13.3 Å². The number of amides is 2. The van der Waals surface area contributed by atoms with Crippen LogP contribution in [0.3, 0.4) is 0 Å². The van der Waals surface area contributed by atoms with Crippen LogP contribution in [0.4, 0.5) is 5.69 Å². The molecule has 0 saturated carbocycles. The van der Waals surface area contributed by atoms with Gasteiger partial charge in [-0.15, -0.1) is 0 Å². The summed E-state index contributed by atoms with van der Waals surface area (Å²) in [6.45, 7) is 3.69. The van der Waals surface area contributed by atoms with Crippen LogP contribution >= 0.6 is 11.6 Å². The number of hydrazone groups is 1. The van der Waals surface area contributed by atoms with Gasteiger partial charge in [0.2, 0.25) is 0 Å². The van der Waals surface area contributed by atoms with Crippen LogP contribution in [-0.4, -0.2) is 38.4 Å². The molecule has 0 aliphatic rings. The smallest absolute Gasteiger partial charge is 0.271 e. The van der Waals surface area contributed by atoms with Crippen molar-refractivity contribution in [3.8, 4) is 17.2 Å². The Kier molecular flexibility index (Phi) is 9.27. The zero-order chi connectivity index (χ0) is 25.0. The third-order valence-electron chi connectivity index (χ3n) is 4.54. The van der Waals surface area contributed by atoms with Crippen LogP contribution in [-0.2, 0) is 4.79 Å². The summed E-state index contributed by atoms with van der Waals surface area (Å²) in [4.78, 5) is 24.7. The molecule has 2 N–H and O–H groups in total. The van der Waals surface area contributed by atoms with Crippen molar-refractivity contribution in [1.82, 2.24) is 5.43 Å². The first-order valence-electron chi connectivity index (χ1n) is 10.5. The maximum atomic E-state index is 12.5. The first-order chi connectivity index (χ1) is 17.0. The van der Waals surface area contributed by atoms with Gasteiger partial charge in [0, 0.05) is 21.8 Å². The molecule has 0 atom stereocenters. The molecule has 0 aliphatic carbocycles. The zero-order valence-electron chi connectivity index (χ0n) is 19.0. The Balaban J connectivity index is 1.63. The van der Waals surface area contributed by atoms with Gasteiger partial charge in [-0.2, -0.15) is 5.10 Å². The van der Waals surface area contributed by atoms with Crippen LogP contribution in [0.1, 0.15) is 15.9 Å². The fraction of sp³-hybridized carbons (Fsp3) is 0.115. The highest BCUT2D eigenvalue weighted by Gasteiger charge is 2.11. The molecule has 0 aliphatic heterocycles. The summed E-state index contributed by atoms with van der Waals surface area (Å²) in [7, 11) is 1.48. The van der Waals surface area contributed by atoms with Crippen molar-refractivity contribution in [2.24, 2.45) is 5.10 Å². The number of ether oxygens (including phenoxy) is 3. The number of para-hydroxylation sites is 1. The number of benzene rings is 3. The molecule has 0 unspecified atom stereocenters. The van der Waals surface area contributed by atoms with Crippen molar-refractivity contribution in [2.45, 2.75) is 0 Å². The molecule has 3 aromatic carbocycles. The van der Waals surface area contributed by atoms with Crippen molar-refractivity contribution in [1.29, 1.82) is 0 Å². The first-order valence-corrected chi connectivity index (χ1v) is 10.9. The molecule has 180 valence electrons. The summed E-state index contributed by atoms with van der Waals surface area (Å²) in [5, 5.41) is 7.18. The molecule has 0 saturated heterocycles. The van der Waals surface area contributed by atoms with Gasteiger partial charge in [-0.1, -0.05) is 42.5 Å². The Labute approximate surface area is 208 Å². The van der Waals surface area contributed by atoms with Crippen LogP contribution in [0.15, 0.2) is 84.5 Å². The van der Waals surface area contributed by atoms with Gasteiger partial charge in [0.25, 0.3) is 11.8 Å². The van der Waals surface area contributed by atoms with Crippen LogP contribution < -0.4 is 25.0 Å². The number of hydrogen-bond acceptors (Lipinski definition) is 6. The fourth-order valence-electron chi connectivity index (χ4n) is 2.92. The molecule has 0 bridgehead atoms. The third kappa shape index (κ3) is 7.62. The fourth-order valence-corrected chi connectivity index (χ4v) is 3.10. The van der Waals surface area contributed by atoms with E-state index in [1.807, 2.05) is 18.2 Å². The molecule has 2 amide bonds. The number of carbonyl (C=O) groups is 2. The summed E-state index contributed by atoms with van der Waals surface area (Å²) in [6, 6.07) is 18.7. The molecule has 0 fully saturated rings. The van der Waals surface area contributed by atoms with Gasteiger partial charge in [-0.05, 0) is 48.5 Å². The van der Waals surface area contributed by atoms with Crippen LogP contribution in [0.25, 0.3) is 0 Å². The molecule has 35 heavy (non-hydrogen) atoms. The molecular weight excluding hydrogens is 470 g/mol. The number of nitrogens with one attached hydrogen (secondary N) is 2. The lowest BCUT2D eigenvalue weighted by molar-refractivity contribution is -0.118. The van der Waals surface area contributed by atoms with Crippen LogP contribution in [0, 0.1) is 0 Å². The molecule has 0 spiro atoms. The van der Waals surface area contributed by atoms with E-state index in [2.05, 4.69) is 22.4 Å². The second kappa shape index (κ2) is 12.8. The Morgan fingerprint density at radius 1 is 1.00 bits per heavy atom. The van der Waals surface area contributed by atoms with Crippen molar-refractivity contribution in [2.75, 3.05) is 25.6 Å². The SMILES string of the molecule is C=CCOc1ccc(C(=O)N/N=C/c2cc(Cl)ccc2OCC(=O)Nc2ccccc2)cc1OC. The average molecular weight is 494 g/mol. The predicted octanol–water partition coefficient (Wildman–Crippen LogP) is 4.69. The van der Waals surface area contributed by atoms with E-state index in [0.717, 1.165) is 0 Å². The third-order valence-corrected chi connectivity index (χ3v) is 4.78. The first kappa shape index (κ1) is 25.3. The number of methoxy groups -OCH3 is 1. The van der Waals surface area contributed by atoms with Gasteiger partial charge < -0.3 is 19.5 Å². The van der Waals surface area contributed by atoms with E-state index in [1.54, 1.807) is 54.6 Å². The van der Waals surface area contributed by atoms with E-state index in [4.69, 9.17) is 25.8 Å². The number of anilines is 1. The van der Waals surface area contributed by atoms with E-state index in [-0.39, 0.29) is 12.5 Å². The molecule has 0 aromatic heterocycles. The molecule has 9 heteroatoms. The van der Waals surface area contributed by atoms with E-state index < -0.39 is 5.91 Å². The second-order valence-corrected chi connectivity index (χ2v) is 7.49. The largest absolute Gasteiger partial charge is 0.493 e. The summed E-state index contributed by atoms with van der Waals surface area (Å²) in [5.74, 6) is 0.492. The number of hydrogen-bond donors (Lipinski definition) is 2. The van der Waals surface area contributed by atoms with E-state index in [9.17, 15) is 9.59 Å². The van der Waals surface area contributed by atoms with Gasteiger partial charge in [-0.3, -0.25) is 9.59 Å². The number of carbonyl (C=O) groups excluding carboxylic acids is 2. The maximum absolute atomic E-state index is 12.5. The van der Waals surface area contributed by atoms with E-state index >= 15 is 0 Å². The lowest BCUT2D eigenvalue weighted by atomic mass is 10.2. The Bertz CT molecular complexity index is 1210. The minimum absolute atomic E-state index is 0.218. The molecule has 8 nitrogen and oxygen atoms in total. The van der Waals surface area contributed by atoms with Gasteiger partial charge in [0.1, 0.15) is 12.4 Å². The van der Waals surface area contributed by atoms with Crippen molar-refractivity contribution in [3.63, 3.8) is 0 Å². The quantitative estimate of drug-likeness (QED) is 0.229. The van der Waals surface area contributed by atoms with Gasteiger partial charge in [-0.25, -0.2) is 5.43 Å². The summed E-state index contributed by atoms with van der Waals surface area (Å²) < 4.78 is 16.4. The highest BCUT2D eigenvalue weighted by molar-refractivity contribution is 6.30. The van der Waals surface area contributed by atoms with E-state index in [0.29, 0.717) is 45.7 Å². The van der Waals surface area contributed by atoms with Crippen LogP contribution in [0.5, 0.6) is 17.2 Å². The lowest BCUT2D eigenvalue weighted by Gasteiger charge is -2.11. The molecule has 3 aromatic rings. The lowest BCUT2D eigenvalue weighted by Crippen LogP contribution is -2.20. The zero-order valence-corrected chi connectivity index (χ0v) is 19.7. The normalized spacial score (nSPS) is 10.5. The average Bonchev–Trinajstić information content (AvgIpc) is 2.87. The van der Waals surface area contributed by atoms with Crippen molar-refractivity contribution in [3.05, 3.63) is 95.5 Å². The topological polar surface area (TPSA) is 98.3 Å². The monoisotopic (exact) mass is 493 g/mol. The summed E-state index contributed by atoms with van der Waals surface area (Å²) in [6.07, 6.45) is 2.99. The predicted molar refractivity (Wildman–Crippen MR) is 136 cm³/mol. The standard InChI is InChI=1S/C26H24ClN3O5/c1-3-13-34-23-11-9-18(15-24(23)33-2)26(32)30-28-16-19-14-20(27)10-12-22(19)35-17-25(31)29-21-7-5-4-6-8-21/h3-12,14-16H,1,13,17H2,2H3,(H,29,31)(H,30,32)/b28-16+. The molecular formula is C26H24ClN3O5. The molecule has 0 radical (unpaired) electrons. The Morgan fingerprint density at radius 2 is 1.77 bits per heavy atom. The Morgan fingerprint density at radius 3 is 2.51 bits per heavy atom. The molecule has 0 heterocycles. The number of halogens is 1. The summed E-state index contributed by atoms with van der Waals surface area (Å²) >= 11 is 6.09. The number of nitrogens with zero attached hydrogens (tertiary/aromatic N) is 1. The highest BCUT2D eigenvalue weighted by atomic mass is 35.5. The Hall–Kier alpha value is -4.30. The van der Waals surface area contributed by atoms with Crippen molar-refractivity contribution >= 4 is 35.3 Å². The van der Waals surface area contributed by atoms with Gasteiger partial charge in [0.15, 0.2) is 18.1 Å². The van der Waals surface area contributed by atoms with Crippen molar-refractivity contribution < 1.29 is 23.8 Å². The van der Waals surface area contributed by atoms with E-state index in [1.165, 1.54) is 13.3 Å². The highest BCUT2D eigenvalue weighted by Crippen LogP contribution is 2.28. The minimum atomic E-state index is -0.457. The minimum Gasteiger partial charge on any atom is -0.493 e. The second-order valence-electron chi connectivity index (χ2n) is 7.05.